The number of nitrogens with zero attached hydrogens (tertiary/aromatic N) is 2. The molecule has 0 aliphatic heterocycles. The highest BCUT2D eigenvalue weighted by molar-refractivity contribution is 5.73. The van der Waals surface area contributed by atoms with Crippen LogP contribution in [-0.2, 0) is 4.79 Å². The van der Waals surface area contributed by atoms with Crippen LogP contribution in [0.3, 0.4) is 0 Å². The van der Waals surface area contributed by atoms with Gasteiger partial charge in [0.2, 0.25) is 5.91 Å². The third kappa shape index (κ3) is 3.93. The van der Waals surface area contributed by atoms with Gasteiger partial charge >= 0.3 is 0 Å². The molecule has 0 radical (unpaired) electrons. The van der Waals surface area contributed by atoms with Gasteiger partial charge in [0.1, 0.15) is 11.8 Å². The number of hydrogen-bond donors (Lipinski definition) is 1. The molecule has 0 bridgehead atoms. The molecule has 0 saturated heterocycles. The predicted octanol–water partition coefficient (Wildman–Crippen LogP) is 0.441. The summed E-state index contributed by atoms with van der Waals surface area (Å²) in [6.07, 6.45) is 1.53. The maximum Gasteiger partial charge on any atom is 0.217 e. The van der Waals surface area contributed by atoms with Crippen molar-refractivity contribution < 1.29 is 4.79 Å². The van der Waals surface area contributed by atoms with Crippen LogP contribution in [0.4, 0.5) is 0 Å². The molecule has 4 nitrogen and oxygen atoms in total. The molecule has 0 unspecified atom stereocenters. The molecular formula is C11H9N3O. The first-order valence-corrected chi connectivity index (χ1v) is 4.32. The Hall–Kier alpha value is -2.33. The van der Waals surface area contributed by atoms with Crippen LogP contribution in [0.5, 0.6) is 0 Å². The summed E-state index contributed by atoms with van der Waals surface area (Å²) in [5, 5.41) is 11.1. The fourth-order valence-electron chi connectivity index (χ4n) is 0.884. The predicted molar refractivity (Wildman–Crippen MR) is 54.5 cm³/mol. The van der Waals surface area contributed by atoms with E-state index in [2.05, 4.69) is 22.1 Å². The van der Waals surface area contributed by atoms with Gasteiger partial charge < -0.3 is 5.32 Å². The molecule has 1 heterocycles. The van der Waals surface area contributed by atoms with E-state index in [1.165, 1.54) is 13.1 Å². The number of nitrogens with one attached hydrogen (secondary N) is 1. The van der Waals surface area contributed by atoms with Crippen molar-refractivity contribution in [3.8, 4) is 17.9 Å². The lowest BCUT2D eigenvalue weighted by molar-refractivity contribution is -0.118. The van der Waals surface area contributed by atoms with Gasteiger partial charge in [0, 0.05) is 18.7 Å². The first-order chi connectivity index (χ1) is 7.22. The summed E-state index contributed by atoms with van der Waals surface area (Å²) in [6, 6.07) is 5.24. The summed E-state index contributed by atoms with van der Waals surface area (Å²) in [5.41, 5.74) is 1.05. The average Bonchev–Trinajstić information content (AvgIpc) is 2.24. The first-order valence-electron chi connectivity index (χ1n) is 4.32. The van der Waals surface area contributed by atoms with E-state index < -0.39 is 0 Å². The summed E-state index contributed by atoms with van der Waals surface area (Å²) < 4.78 is 0. The molecule has 0 aromatic carbocycles. The van der Waals surface area contributed by atoms with E-state index >= 15 is 0 Å². The van der Waals surface area contributed by atoms with Gasteiger partial charge in [0.05, 0.1) is 6.54 Å². The van der Waals surface area contributed by atoms with Crippen molar-refractivity contribution in [2.45, 2.75) is 6.92 Å². The van der Waals surface area contributed by atoms with Crippen LogP contribution in [0.15, 0.2) is 18.3 Å². The summed E-state index contributed by atoms with van der Waals surface area (Å²) >= 11 is 0. The molecule has 0 aliphatic rings. The third-order valence-corrected chi connectivity index (χ3v) is 1.53. The highest BCUT2D eigenvalue weighted by atomic mass is 16.1. The maximum absolute atomic E-state index is 10.5. The molecule has 1 aromatic rings. The first kappa shape index (κ1) is 10.7. The maximum atomic E-state index is 10.5. The van der Waals surface area contributed by atoms with Gasteiger partial charge in [-0.3, -0.25) is 4.79 Å². The normalized spacial score (nSPS) is 8.27. The fraction of sp³-hybridized carbons (Fsp3) is 0.182. The van der Waals surface area contributed by atoms with Crippen molar-refractivity contribution >= 4 is 5.91 Å². The Balaban J connectivity index is 2.64. The Morgan fingerprint density at radius 3 is 3.13 bits per heavy atom. The van der Waals surface area contributed by atoms with Crippen molar-refractivity contribution in [1.29, 1.82) is 5.26 Å². The molecule has 0 atom stereocenters. The molecule has 0 fully saturated rings. The van der Waals surface area contributed by atoms with Crippen molar-refractivity contribution in [2.75, 3.05) is 6.54 Å². The molecule has 1 rings (SSSR count). The molecule has 0 saturated carbocycles. The lowest BCUT2D eigenvalue weighted by Gasteiger charge is -1.92. The van der Waals surface area contributed by atoms with Crippen LogP contribution in [-0.4, -0.2) is 17.4 Å². The molecule has 1 aromatic heterocycles. The number of nitriles is 1. The quantitative estimate of drug-likeness (QED) is 0.667. The zero-order valence-corrected chi connectivity index (χ0v) is 8.24. The van der Waals surface area contributed by atoms with E-state index in [1.54, 1.807) is 12.1 Å². The van der Waals surface area contributed by atoms with Crippen LogP contribution in [0.1, 0.15) is 18.2 Å². The molecular weight excluding hydrogens is 190 g/mol. The van der Waals surface area contributed by atoms with Crippen LogP contribution in [0.2, 0.25) is 0 Å². The number of hydrogen-bond acceptors (Lipinski definition) is 3. The topological polar surface area (TPSA) is 65.8 Å². The summed E-state index contributed by atoms with van der Waals surface area (Å²) in [4.78, 5) is 14.3. The van der Waals surface area contributed by atoms with E-state index in [1.807, 2.05) is 6.07 Å². The second-order valence-corrected chi connectivity index (χ2v) is 2.75. The minimum atomic E-state index is -0.114. The largest absolute Gasteiger partial charge is 0.345 e. The minimum absolute atomic E-state index is 0.114. The summed E-state index contributed by atoms with van der Waals surface area (Å²) in [5.74, 6) is 5.47. The highest BCUT2D eigenvalue weighted by Gasteiger charge is 1.91. The van der Waals surface area contributed by atoms with Gasteiger partial charge in [-0.05, 0) is 12.1 Å². The molecule has 74 valence electrons. The Labute approximate surface area is 87.9 Å². The lowest BCUT2D eigenvalue weighted by atomic mass is 10.2. The second kappa shape index (κ2) is 5.41. The zero-order chi connectivity index (χ0) is 11.1. The van der Waals surface area contributed by atoms with Crippen LogP contribution < -0.4 is 5.32 Å². The number of aromatic nitrogens is 1. The van der Waals surface area contributed by atoms with Gasteiger partial charge in [-0.2, -0.15) is 5.26 Å². The van der Waals surface area contributed by atoms with E-state index in [9.17, 15) is 4.79 Å². The van der Waals surface area contributed by atoms with E-state index in [-0.39, 0.29) is 5.91 Å². The Morgan fingerprint density at radius 1 is 1.67 bits per heavy atom. The smallest absolute Gasteiger partial charge is 0.217 e. The van der Waals surface area contributed by atoms with Gasteiger partial charge in [0.25, 0.3) is 0 Å². The third-order valence-electron chi connectivity index (χ3n) is 1.53. The number of rotatable bonds is 1. The molecule has 15 heavy (non-hydrogen) atoms. The van der Waals surface area contributed by atoms with Crippen molar-refractivity contribution in [3.05, 3.63) is 29.6 Å². The van der Waals surface area contributed by atoms with E-state index in [0.717, 1.165) is 0 Å². The fourth-order valence-corrected chi connectivity index (χ4v) is 0.884. The number of amides is 1. The molecule has 4 heteroatoms. The van der Waals surface area contributed by atoms with Crippen LogP contribution in [0, 0.1) is 23.2 Å². The van der Waals surface area contributed by atoms with Crippen molar-refractivity contribution in [3.63, 3.8) is 0 Å². The van der Waals surface area contributed by atoms with Crippen molar-refractivity contribution in [1.82, 2.24) is 10.3 Å². The van der Waals surface area contributed by atoms with Gasteiger partial charge in [0.15, 0.2) is 0 Å². The summed E-state index contributed by atoms with van der Waals surface area (Å²) in [7, 11) is 0. The standard InChI is InChI=1S/C11H9N3O/c1-9(15)13-5-2-3-10-4-6-14-11(7-10)8-12/h4,6-7H,5H2,1H3,(H,13,15). The van der Waals surface area contributed by atoms with Gasteiger partial charge in [-0.1, -0.05) is 11.8 Å². The zero-order valence-electron chi connectivity index (χ0n) is 8.24. The highest BCUT2D eigenvalue weighted by Crippen LogP contribution is 1.97. The second-order valence-electron chi connectivity index (χ2n) is 2.75. The van der Waals surface area contributed by atoms with Gasteiger partial charge in [-0.25, -0.2) is 4.98 Å². The molecule has 0 spiro atoms. The Kier molecular flexibility index (Phi) is 3.88. The SMILES string of the molecule is CC(=O)NCC#Cc1ccnc(C#N)c1. The van der Waals surface area contributed by atoms with Crippen LogP contribution in [0.25, 0.3) is 0 Å². The number of carbonyl (C=O) groups is 1. The molecule has 0 aliphatic carbocycles. The lowest BCUT2D eigenvalue weighted by Crippen LogP contribution is -2.19. The van der Waals surface area contributed by atoms with E-state index in [4.69, 9.17) is 5.26 Å². The number of carbonyl (C=O) groups excluding carboxylic acids is 1. The van der Waals surface area contributed by atoms with Crippen molar-refractivity contribution in [2.24, 2.45) is 0 Å². The monoisotopic (exact) mass is 199 g/mol. The average molecular weight is 199 g/mol. The van der Waals surface area contributed by atoms with E-state index in [0.29, 0.717) is 17.8 Å². The number of pyridine rings is 1. The molecule has 1 amide bonds. The van der Waals surface area contributed by atoms with Gasteiger partial charge in [-0.15, -0.1) is 0 Å². The summed E-state index contributed by atoms with van der Waals surface area (Å²) in [6.45, 7) is 1.74. The molecule has 1 N–H and O–H groups in total. The minimum Gasteiger partial charge on any atom is -0.345 e. The Morgan fingerprint density at radius 2 is 2.47 bits per heavy atom. The Bertz CT molecular complexity index is 463. The van der Waals surface area contributed by atoms with Crippen LogP contribution >= 0.6 is 0 Å².